The zero-order chi connectivity index (χ0) is 15.6. The maximum atomic E-state index is 11.3. The smallest absolute Gasteiger partial charge is 0.171 e. The van der Waals surface area contributed by atoms with Gasteiger partial charge in [0, 0.05) is 17.4 Å². The van der Waals surface area contributed by atoms with Gasteiger partial charge in [-0.1, -0.05) is 24.3 Å². The average molecular weight is 350 g/mol. The first-order valence-electron chi connectivity index (χ1n) is 6.64. The molecule has 0 unspecified atom stereocenters. The van der Waals surface area contributed by atoms with Crippen molar-refractivity contribution in [2.24, 2.45) is 0 Å². The molecule has 0 bridgehead atoms. The van der Waals surface area contributed by atoms with E-state index in [0.29, 0.717) is 11.6 Å². The van der Waals surface area contributed by atoms with Crippen molar-refractivity contribution in [3.05, 3.63) is 41.8 Å². The zero-order valence-electron chi connectivity index (χ0n) is 11.9. The normalized spacial score (nSPS) is 11.9. The summed E-state index contributed by atoms with van der Waals surface area (Å²) >= 11 is 3.05. The number of nitrogens with zero attached hydrogens (tertiary/aromatic N) is 2. The second-order valence-electron chi connectivity index (χ2n) is 4.83. The summed E-state index contributed by atoms with van der Waals surface area (Å²) in [6.45, 7) is 0. The lowest BCUT2D eigenvalue weighted by atomic mass is 10.2. The van der Waals surface area contributed by atoms with E-state index in [9.17, 15) is 8.42 Å². The fraction of sp³-hybridized carbons (Fsp3) is 0.200. The predicted molar refractivity (Wildman–Crippen MR) is 93.3 cm³/mol. The van der Waals surface area contributed by atoms with Gasteiger partial charge in [-0.3, -0.25) is 0 Å². The van der Waals surface area contributed by atoms with Crippen LogP contribution in [0.3, 0.4) is 0 Å². The Kier molecular flexibility index (Phi) is 4.46. The third-order valence-corrected chi connectivity index (χ3v) is 6.07. The van der Waals surface area contributed by atoms with Crippen molar-refractivity contribution in [3.8, 4) is 10.7 Å². The maximum Gasteiger partial charge on any atom is 0.171 e. The number of thioether (sulfide) groups is 1. The van der Waals surface area contributed by atoms with Gasteiger partial charge in [0.05, 0.1) is 16.1 Å². The Hall–Kier alpha value is -1.44. The van der Waals surface area contributed by atoms with Crippen LogP contribution in [0.4, 0.5) is 0 Å². The molecule has 4 nitrogen and oxygen atoms in total. The lowest BCUT2D eigenvalue weighted by Gasteiger charge is -2.07. The third-order valence-electron chi connectivity index (χ3n) is 3.00. The van der Waals surface area contributed by atoms with Crippen molar-refractivity contribution >= 4 is 43.8 Å². The molecule has 0 amide bonds. The monoisotopic (exact) mass is 350 g/mol. The highest BCUT2D eigenvalue weighted by molar-refractivity contribution is 8.00. The molecule has 3 aromatic rings. The van der Waals surface area contributed by atoms with Crippen molar-refractivity contribution < 1.29 is 8.42 Å². The number of sulfone groups is 1. The van der Waals surface area contributed by atoms with Gasteiger partial charge in [-0.2, -0.15) is 0 Å². The summed E-state index contributed by atoms with van der Waals surface area (Å²) < 4.78 is 22.6. The topological polar surface area (TPSA) is 59.9 Å². The minimum Gasteiger partial charge on any atom is -0.229 e. The van der Waals surface area contributed by atoms with Crippen LogP contribution in [0.5, 0.6) is 0 Å². The summed E-state index contributed by atoms with van der Waals surface area (Å²) in [6.07, 6.45) is 1.25. The predicted octanol–water partition coefficient (Wildman–Crippen LogP) is 3.50. The van der Waals surface area contributed by atoms with Crippen LogP contribution in [0, 0.1) is 0 Å². The minimum absolute atomic E-state index is 0.143. The molecule has 0 saturated carbocycles. The van der Waals surface area contributed by atoms with Crippen molar-refractivity contribution in [1.29, 1.82) is 0 Å². The Morgan fingerprint density at radius 3 is 2.68 bits per heavy atom. The van der Waals surface area contributed by atoms with Crippen LogP contribution >= 0.6 is 23.1 Å². The van der Waals surface area contributed by atoms with Crippen LogP contribution in [0.25, 0.3) is 21.6 Å². The summed E-state index contributed by atoms with van der Waals surface area (Å²) in [6, 6.07) is 11.8. The van der Waals surface area contributed by atoms with Gasteiger partial charge in [0.2, 0.25) is 0 Å². The first kappa shape index (κ1) is 15.5. The number of thiophene rings is 1. The summed E-state index contributed by atoms with van der Waals surface area (Å²) in [4.78, 5) is 10.2. The van der Waals surface area contributed by atoms with Gasteiger partial charge in [-0.25, -0.2) is 18.4 Å². The quantitative estimate of drug-likeness (QED) is 0.521. The molecule has 3 rings (SSSR count). The Morgan fingerprint density at radius 2 is 1.95 bits per heavy atom. The van der Waals surface area contributed by atoms with Gasteiger partial charge in [-0.15, -0.1) is 23.1 Å². The molecule has 1 aromatic carbocycles. The lowest BCUT2D eigenvalue weighted by molar-refractivity contribution is 0.603. The van der Waals surface area contributed by atoms with Gasteiger partial charge >= 0.3 is 0 Å². The molecule has 114 valence electrons. The zero-order valence-corrected chi connectivity index (χ0v) is 14.3. The number of rotatable bonds is 5. The van der Waals surface area contributed by atoms with Gasteiger partial charge in [0.15, 0.2) is 5.82 Å². The van der Waals surface area contributed by atoms with Crippen LogP contribution in [0.2, 0.25) is 0 Å². The van der Waals surface area contributed by atoms with Crippen molar-refractivity contribution in [1.82, 2.24) is 9.97 Å². The van der Waals surface area contributed by atoms with Crippen LogP contribution < -0.4 is 0 Å². The highest BCUT2D eigenvalue weighted by atomic mass is 32.2. The third kappa shape index (κ3) is 3.66. The van der Waals surface area contributed by atoms with E-state index in [2.05, 4.69) is 9.97 Å². The summed E-state index contributed by atoms with van der Waals surface area (Å²) in [5, 5.41) is 3.78. The van der Waals surface area contributed by atoms with Crippen molar-refractivity contribution in [2.45, 2.75) is 5.03 Å². The number of aromatic nitrogens is 2. The molecule has 0 aliphatic carbocycles. The second-order valence-corrected chi connectivity index (χ2v) is 9.12. The fourth-order valence-electron chi connectivity index (χ4n) is 1.96. The number of hydrogen-bond acceptors (Lipinski definition) is 6. The second kappa shape index (κ2) is 6.36. The molecular weight excluding hydrogens is 336 g/mol. The molecule has 22 heavy (non-hydrogen) atoms. The number of fused-ring (bicyclic) bond motifs is 1. The van der Waals surface area contributed by atoms with E-state index in [1.165, 1.54) is 18.0 Å². The van der Waals surface area contributed by atoms with E-state index < -0.39 is 9.84 Å². The minimum atomic E-state index is -2.96. The van der Waals surface area contributed by atoms with Gasteiger partial charge in [-0.05, 0) is 17.5 Å². The molecule has 0 aliphatic rings. The molecule has 0 radical (unpaired) electrons. The SMILES string of the molecule is CS(=O)(=O)CCSc1nc(-c2cccs2)nc2ccccc12. The van der Waals surface area contributed by atoms with E-state index >= 15 is 0 Å². The molecule has 0 N–H and O–H groups in total. The van der Waals surface area contributed by atoms with E-state index in [1.807, 2.05) is 41.8 Å². The number of para-hydroxylation sites is 1. The molecule has 2 aromatic heterocycles. The fourth-order valence-corrected chi connectivity index (χ4v) is 4.84. The van der Waals surface area contributed by atoms with Crippen LogP contribution in [0.1, 0.15) is 0 Å². The molecule has 0 saturated heterocycles. The largest absolute Gasteiger partial charge is 0.229 e. The van der Waals surface area contributed by atoms with Crippen molar-refractivity contribution in [3.63, 3.8) is 0 Å². The van der Waals surface area contributed by atoms with Crippen molar-refractivity contribution in [2.75, 3.05) is 17.8 Å². The Balaban J connectivity index is 1.99. The molecule has 2 heterocycles. The van der Waals surface area contributed by atoms with E-state index in [-0.39, 0.29) is 5.75 Å². The summed E-state index contributed by atoms with van der Waals surface area (Å²) in [5.74, 6) is 1.32. The molecule has 0 aliphatic heterocycles. The van der Waals surface area contributed by atoms with E-state index in [1.54, 1.807) is 11.3 Å². The first-order chi connectivity index (χ1) is 10.5. The van der Waals surface area contributed by atoms with E-state index in [0.717, 1.165) is 20.8 Å². The van der Waals surface area contributed by atoms with Crippen LogP contribution in [-0.2, 0) is 9.84 Å². The summed E-state index contributed by atoms with van der Waals surface area (Å²) in [7, 11) is -2.96. The molecule has 7 heteroatoms. The number of hydrogen-bond donors (Lipinski definition) is 0. The van der Waals surface area contributed by atoms with Crippen LogP contribution in [-0.4, -0.2) is 36.1 Å². The Labute approximate surface area is 137 Å². The Bertz CT molecular complexity index is 890. The summed E-state index contributed by atoms with van der Waals surface area (Å²) in [5.41, 5.74) is 0.878. The standard InChI is InChI=1S/C15H14N2O2S3/c1-22(18,19)10-9-21-15-11-5-2-3-6-12(11)16-14(17-15)13-7-4-8-20-13/h2-8H,9-10H2,1H3. The maximum absolute atomic E-state index is 11.3. The molecule has 0 fully saturated rings. The Morgan fingerprint density at radius 1 is 1.14 bits per heavy atom. The van der Waals surface area contributed by atoms with Gasteiger partial charge in [0.1, 0.15) is 14.9 Å². The highest BCUT2D eigenvalue weighted by Crippen LogP contribution is 2.29. The molecule has 0 atom stereocenters. The number of benzene rings is 1. The van der Waals surface area contributed by atoms with Gasteiger partial charge < -0.3 is 0 Å². The molecular formula is C15H14N2O2S3. The van der Waals surface area contributed by atoms with Gasteiger partial charge in [0.25, 0.3) is 0 Å². The average Bonchev–Trinajstić information content (AvgIpc) is 3.00. The lowest BCUT2D eigenvalue weighted by Crippen LogP contribution is -2.05. The first-order valence-corrected chi connectivity index (χ1v) is 10.6. The van der Waals surface area contributed by atoms with E-state index in [4.69, 9.17) is 0 Å². The van der Waals surface area contributed by atoms with Crippen LogP contribution in [0.15, 0.2) is 46.8 Å². The molecule has 0 spiro atoms. The highest BCUT2D eigenvalue weighted by Gasteiger charge is 2.11.